The minimum Gasteiger partial charge on any atom is -0.508 e. The lowest BCUT2D eigenvalue weighted by Gasteiger charge is -2.45. The van der Waals surface area contributed by atoms with Gasteiger partial charge in [0.15, 0.2) is 29.7 Å². The van der Waals surface area contributed by atoms with Crippen molar-refractivity contribution in [3.05, 3.63) is 40.6 Å². The number of hydrogen-bond donors (Lipinski definition) is 9. The summed E-state index contributed by atoms with van der Waals surface area (Å²) in [5.74, 6) is -2.23. The second-order valence-corrected chi connectivity index (χ2v) is 10.4. The summed E-state index contributed by atoms with van der Waals surface area (Å²) >= 11 is 0. The van der Waals surface area contributed by atoms with E-state index in [4.69, 9.17) is 28.1 Å². The number of aliphatic hydroxyl groups excluding tert-OH is 6. The van der Waals surface area contributed by atoms with E-state index in [1.165, 1.54) is 32.2 Å². The first-order chi connectivity index (χ1) is 20.9. The van der Waals surface area contributed by atoms with Crippen LogP contribution in [-0.4, -0.2) is 121 Å². The molecule has 2 aliphatic heterocycles. The molecular weight excluding hydrogens is 592 g/mol. The van der Waals surface area contributed by atoms with Gasteiger partial charge in [-0.25, -0.2) is 0 Å². The van der Waals surface area contributed by atoms with Gasteiger partial charge < -0.3 is 74.1 Å². The molecule has 3 heterocycles. The van der Waals surface area contributed by atoms with E-state index < -0.39 is 84.9 Å². The summed E-state index contributed by atoms with van der Waals surface area (Å²) in [5.41, 5.74) is -1.07. The number of rotatable bonds is 7. The molecule has 10 unspecified atom stereocenters. The van der Waals surface area contributed by atoms with Crippen molar-refractivity contribution in [1.29, 1.82) is 0 Å². The molecule has 9 N–H and O–H groups in total. The van der Waals surface area contributed by atoms with E-state index in [-0.39, 0.29) is 39.5 Å². The Morgan fingerprint density at radius 3 is 2.25 bits per heavy atom. The van der Waals surface area contributed by atoms with E-state index in [0.29, 0.717) is 0 Å². The lowest BCUT2D eigenvalue weighted by Crippen LogP contribution is -2.64. The second kappa shape index (κ2) is 12.4. The van der Waals surface area contributed by atoms with Crippen molar-refractivity contribution < 1.29 is 74.1 Å². The minimum atomic E-state index is -1.76. The fraction of sp³-hybridized carbons (Fsp3) is 0.464. The summed E-state index contributed by atoms with van der Waals surface area (Å²) in [5, 5.41) is 91.7. The molecule has 2 aromatic carbocycles. The monoisotopic (exact) mass is 624 g/mol. The Hall–Kier alpha value is -3.71. The maximum Gasteiger partial charge on any atom is 0.238 e. The number of phenolic OH excluding ortho intramolecular Hbond substituents is 2. The molecule has 0 aliphatic carbocycles. The summed E-state index contributed by atoms with van der Waals surface area (Å²) in [7, 11) is 1.27. The fourth-order valence-electron chi connectivity index (χ4n) is 5.08. The molecule has 0 saturated carbocycles. The summed E-state index contributed by atoms with van der Waals surface area (Å²) in [6, 6.07) is 5.98. The van der Waals surface area contributed by atoms with E-state index in [9.17, 15) is 50.8 Å². The number of phenols is 2. The first-order valence-electron chi connectivity index (χ1n) is 13.4. The van der Waals surface area contributed by atoms with Crippen molar-refractivity contribution in [3.8, 4) is 40.1 Å². The van der Waals surface area contributed by atoms with Gasteiger partial charge in [-0.15, -0.1) is 0 Å². The molecule has 16 heteroatoms. The number of aromatic hydroxyl groups is 3. The van der Waals surface area contributed by atoms with Gasteiger partial charge in [0.05, 0.1) is 19.8 Å². The standard InChI is InChI=1S/C28H32O16/c1-9-18(32)21(35)24(38)27(40-9)44-26-22(36)19(33)16(8-29)43-28(26)42-13-4-3-10(5-14(13)39-2)25-23(37)20(34)17-12(31)6-11(30)7-15(17)41-25/h3-7,9,16,18-19,21-22,24,26-33,35-38H,8H2,1-2H3. The molecule has 0 radical (unpaired) electrons. The van der Waals surface area contributed by atoms with Crippen molar-refractivity contribution >= 4 is 11.0 Å². The van der Waals surface area contributed by atoms with E-state index in [1.54, 1.807) is 0 Å². The maximum absolute atomic E-state index is 12.8. The Bertz CT molecular complexity index is 1560. The predicted molar refractivity (Wildman–Crippen MR) is 145 cm³/mol. The smallest absolute Gasteiger partial charge is 0.238 e. The van der Waals surface area contributed by atoms with Gasteiger partial charge in [0.2, 0.25) is 17.5 Å². The lowest BCUT2D eigenvalue weighted by molar-refractivity contribution is -0.354. The summed E-state index contributed by atoms with van der Waals surface area (Å²) in [6.45, 7) is 0.693. The molecule has 2 fully saturated rings. The van der Waals surface area contributed by atoms with Gasteiger partial charge in [0.1, 0.15) is 59.1 Å². The highest BCUT2D eigenvalue weighted by atomic mass is 16.8. The van der Waals surface area contributed by atoms with Crippen LogP contribution in [0.2, 0.25) is 0 Å². The third-order valence-electron chi connectivity index (χ3n) is 7.53. The van der Waals surface area contributed by atoms with Crippen molar-refractivity contribution in [3.63, 3.8) is 0 Å². The van der Waals surface area contributed by atoms with E-state index in [0.717, 1.165) is 12.1 Å². The van der Waals surface area contributed by atoms with Gasteiger partial charge in [0, 0.05) is 17.7 Å². The van der Waals surface area contributed by atoms with Crippen LogP contribution in [0.5, 0.6) is 28.7 Å². The Balaban J connectivity index is 1.47. The molecule has 5 rings (SSSR count). The predicted octanol–water partition coefficient (Wildman–Crippen LogP) is -1.38. The lowest BCUT2D eigenvalue weighted by atomic mass is 9.97. The zero-order chi connectivity index (χ0) is 32.0. The van der Waals surface area contributed by atoms with Crippen molar-refractivity contribution in [2.75, 3.05) is 13.7 Å². The Kier molecular flexibility index (Phi) is 8.90. The maximum atomic E-state index is 12.8. The fourth-order valence-corrected chi connectivity index (χ4v) is 5.08. The SMILES string of the molecule is COc1cc(-c2oc3cc(O)cc(O)c3c(=O)c2O)ccc1OC1OC(CO)C(O)C(O)C1OC1OC(C)C(O)C(O)C1O. The molecule has 2 saturated heterocycles. The summed E-state index contributed by atoms with van der Waals surface area (Å²) in [6.07, 6.45) is -15.4. The van der Waals surface area contributed by atoms with Crippen LogP contribution in [0.1, 0.15) is 6.92 Å². The number of benzene rings is 2. The molecule has 0 bridgehead atoms. The average Bonchev–Trinajstić information content (AvgIpc) is 2.99. The molecule has 0 spiro atoms. The minimum absolute atomic E-state index is 0.0203. The van der Waals surface area contributed by atoms with E-state index in [2.05, 4.69) is 0 Å². The van der Waals surface area contributed by atoms with Gasteiger partial charge in [-0.3, -0.25) is 4.79 Å². The number of fused-ring (bicyclic) bond motifs is 1. The third kappa shape index (κ3) is 5.63. The molecule has 1 aromatic heterocycles. The Labute approximate surface area is 248 Å². The van der Waals surface area contributed by atoms with Gasteiger partial charge in [-0.05, 0) is 25.1 Å². The van der Waals surface area contributed by atoms with Gasteiger partial charge in [-0.2, -0.15) is 0 Å². The normalized spacial score (nSPS) is 32.5. The van der Waals surface area contributed by atoms with Gasteiger partial charge in [-0.1, -0.05) is 0 Å². The number of methoxy groups -OCH3 is 1. The van der Waals surface area contributed by atoms with Crippen LogP contribution in [0, 0.1) is 0 Å². The van der Waals surface area contributed by atoms with Crippen molar-refractivity contribution in [2.24, 2.45) is 0 Å². The highest BCUT2D eigenvalue weighted by Crippen LogP contribution is 2.40. The summed E-state index contributed by atoms with van der Waals surface area (Å²) < 4.78 is 33.7. The van der Waals surface area contributed by atoms with Gasteiger partial charge >= 0.3 is 0 Å². The number of aliphatic hydroxyl groups is 6. The molecular formula is C28H32O16. The average molecular weight is 625 g/mol. The van der Waals surface area contributed by atoms with E-state index >= 15 is 0 Å². The molecule has 240 valence electrons. The van der Waals surface area contributed by atoms with E-state index in [1.807, 2.05) is 0 Å². The van der Waals surface area contributed by atoms with Crippen LogP contribution in [0.15, 0.2) is 39.5 Å². The van der Waals surface area contributed by atoms with Crippen LogP contribution in [0.3, 0.4) is 0 Å². The van der Waals surface area contributed by atoms with Crippen LogP contribution >= 0.6 is 0 Å². The molecule has 2 aliphatic rings. The van der Waals surface area contributed by atoms with Crippen LogP contribution in [0.4, 0.5) is 0 Å². The topological polar surface area (TPSA) is 258 Å². The van der Waals surface area contributed by atoms with Crippen LogP contribution in [0.25, 0.3) is 22.3 Å². The molecule has 16 nitrogen and oxygen atoms in total. The zero-order valence-electron chi connectivity index (χ0n) is 23.3. The zero-order valence-corrected chi connectivity index (χ0v) is 23.3. The van der Waals surface area contributed by atoms with Gasteiger partial charge in [0.25, 0.3) is 0 Å². The molecule has 44 heavy (non-hydrogen) atoms. The largest absolute Gasteiger partial charge is 0.508 e. The quantitative estimate of drug-likeness (QED) is 0.147. The first-order valence-corrected chi connectivity index (χ1v) is 13.4. The van der Waals surface area contributed by atoms with Crippen LogP contribution < -0.4 is 14.9 Å². The first kappa shape index (κ1) is 31.7. The third-order valence-corrected chi connectivity index (χ3v) is 7.53. The number of ether oxygens (including phenoxy) is 5. The van der Waals surface area contributed by atoms with Crippen LogP contribution in [-0.2, 0) is 14.2 Å². The second-order valence-electron chi connectivity index (χ2n) is 10.4. The molecule has 10 atom stereocenters. The highest BCUT2D eigenvalue weighted by Gasteiger charge is 2.51. The Morgan fingerprint density at radius 2 is 1.57 bits per heavy atom. The van der Waals surface area contributed by atoms with Crippen molar-refractivity contribution in [1.82, 2.24) is 0 Å². The number of hydrogen-bond acceptors (Lipinski definition) is 16. The molecule has 3 aromatic rings. The Morgan fingerprint density at radius 1 is 0.841 bits per heavy atom. The van der Waals surface area contributed by atoms with Crippen molar-refractivity contribution in [2.45, 2.75) is 68.3 Å². The summed E-state index contributed by atoms with van der Waals surface area (Å²) in [4.78, 5) is 12.8. The highest BCUT2D eigenvalue weighted by molar-refractivity contribution is 5.88. The molecule has 0 amide bonds.